The molecular weight excluding hydrogens is 212 g/mol. The van der Waals surface area contributed by atoms with Crippen LogP contribution in [0.3, 0.4) is 0 Å². The molecule has 2 fully saturated rings. The van der Waals surface area contributed by atoms with Gasteiger partial charge in [-0.05, 0) is 51.8 Å². The van der Waals surface area contributed by atoms with E-state index >= 15 is 0 Å². The first-order chi connectivity index (χ1) is 8.15. The molecule has 0 spiro atoms. The average molecular weight is 234 g/mol. The zero-order valence-electron chi connectivity index (χ0n) is 11.0. The summed E-state index contributed by atoms with van der Waals surface area (Å²) < 4.78 is 5.65. The third-order valence-electron chi connectivity index (χ3n) is 4.49. The van der Waals surface area contributed by atoms with Gasteiger partial charge < -0.3 is 9.73 Å². The van der Waals surface area contributed by atoms with Crippen molar-refractivity contribution in [2.45, 2.75) is 26.8 Å². The van der Waals surface area contributed by atoms with Crippen LogP contribution in [0.5, 0.6) is 0 Å². The van der Waals surface area contributed by atoms with Gasteiger partial charge in [-0.15, -0.1) is 0 Å². The molecule has 0 radical (unpaired) electrons. The first-order valence-corrected chi connectivity index (χ1v) is 6.67. The minimum absolute atomic E-state index is 0.498. The van der Waals surface area contributed by atoms with Gasteiger partial charge in [-0.3, -0.25) is 4.90 Å². The van der Waals surface area contributed by atoms with E-state index in [0.29, 0.717) is 6.04 Å². The fraction of sp³-hybridized carbons (Fsp3) is 0.714. The van der Waals surface area contributed by atoms with Gasteiger partial charge in [-0.2, -0.15) is 0 Å². The van der Waals surface area contributed by atoms with Crippen LogP contribution < -0.4 is 5.32 Å². The number of aryl methyl sites for hydroxylation is 2. The van der Waals surface area contributed by atoms with Crippen molar-refractivity contribution in [2.75, 3.05) is 26.2 Å². The molecule has 1 unspecified atom stereocenters. The SMILES string of the molecule is Cc1cc(C(C)N2C[C@H]3CNC[C@H]3C2)c(C)o1. The molecule has 3 atom stereocenters. The Labute approximate surface area is 103 Å². The molecule has 0 amide bonds. The van der Waals surface area contributed by atoms with Gasteiger partial charge in [-0.25, -0.2) is 0 Å². The third-order valence-corrected chi connectivity index (χ3v) is 4.49. The summed E-state index contributed by atoms with van der Waals surface area (Å²) in [5.41, 5.74) is 1.37. The molecule has 2 aliphatic rings. The topological polar surface area (TPSA) is 28.4 Å². The van der Waals surface area contributed by atoms with E-state index in [-0.39, 0.29) is 0 Å². The maximum atomic E-state index is 5.65. The standard InChI is InChI=1S/C14H22N2O/c1-9-4-14(11(3)17-9)10(2)16-7-12-5-15-6-13(12)8-16/h4,10,12-13,15H,5-8H2,1-3H3/t10?,12-,13+. The zero-order chi connectivity index (χ0) is 12.0. The van der Waals surface area contributed by atoms with E-state index in [9.17, 15) is 0 Å². The van der Waals surface area contributed by atoms with Gasteiger partial charge >= 0.3 is 0 Å². The molecule has 3 rings (SSSR count). The van der Waals surface area contributed by atoms with E-state index in [1.165, 1.54) is 31.7 Å². The van der Waals surface area contributed by atoms with E-state index in [1.807, 2.05) is 6.92 Å². The van der Waals surface area contributed by atoms with Crippen LogP contribution in [0.4, 0.5) is 0 Å². The Kier molecular flexibility index (Phi) is 2.75. The predicted molar refractivity (Wildman–Crippen MR) is 68.0 cm³/mol. The smallest absolute Gasteiger partial charge is 0.105 e. The molecule has 0 bridgehead atoms. The second-order valence-electron chi connectivity index (χ2n) is 5.68. The van der Waals surface area contributed by atoms with Crippen LogP contribution in [0.15, 0.2) is 10.5 Å². The highest BCUT2D eigenvalue weighted by Crippen LogP contribution is 2.34. The summed E-state index contributed by atoms with van der Waals surface area (Å²) in [7, 11) is 0. The Hall–Kier alpha value is -0.800. The molecule has 0 saturated carbocycles. The number of hydrogen-bond acceptors (Lipinski definition) is 3. The maximum absolute atomic E-state index is 5.65. The molecule has 3 heterocycles. The van der Waals surface area contributed by atoms with E-state index in [1.54, 1.807) is 0 Å². The summed E-state index contributed by atoms with van der Waals surface area (Å²) in [6.07, 6.45) is 0. The molecule has 2 saturated heterocycles. The summed E-state index contributed by atoms with van der Waals surface area (Å²) in [5, 5.41) is 3.49. The lowest BCUT2D eigenvalue weighted by molar-refractivity contribution is 0.242. The van der Waals surface area contributed by atoms with Crippen LogP contribution in [-0.2, 0) is 0 Å². The number of furan rings is 1. The van der Waals surface area contributed by atoms with Crippen molar-refractivity contribution >= 4 is 0 Å². The molecular formula is C14H22N2O. The molecule has 1 N–H and O–H groups in total. The number of nitrogens with one attached hydrogen (secondary N) is 1. The summed E-state index contributed by atoms with van der Waals surface area (Å²) in [4.78, 5) is 2.62. The van der Waals surface area contributed by atoms with Crippen molar-refractivity contribution < 1.29 is 4.42 Å². The van der Waals surface area contributed by atoms with Crippen molar-refractivity contribution in [3.8, 4) is 0 Å². The molecule has 2 aliphatic heterocycles. The summed E-state index contributed by atoms with van der Waals surface area (Å²) in [6.45, 7) is 11.3. The molecule has 0 aliphatic carbocycles. The number of rotatable bonds is 2. The number of fused-ring (bicyclic) bond motifs is 1. The van der Waals surface area contributed by atoms with E-state index in [4.69, 9.17) is 4.42 Å². The summed E-state index contributed by atoms with van der Waals surface area (Å²) >= 11 is 0. The number of hydrogen-bond donors (Lipinski definition) is 1. The zero-order valence-corrected chi connectivity index (χ0v) is 11.0. The van der Waals surface area contributed by atoms with E-state index < -0.39 is 0 Å². The molecule has 1 aromatic rings. The normalized spacial score (nSPS) is 30.8. The number of likely N-dealkylation sites (tertiary alicyclic amines) is 1. The van der Waals surface area contributed by atoms with Crippen LogP contribution in [0.2, 0.25) is 0 Å². The Balaban J connectivity index is 1.75. The largest absolute Gasteiger partial charge is 0.466 e. The fourth-order valence-corrected chi connectivity index (χ4v) is 3.47. The molecule has 3 nitrogen and oxygen atoms in total. The second-order valence-corrected chi connectivity index (χ2v) is 5.68. The molecule has 17 heavy (non-hydrogen) atoms. The van der Waals surface area contributed by atoms with Crippen LogP contribution in [0.1, 0.15) is 30.0 Å². The quantitative estimate of drug-likeness (QED) is 0.849. The lowest BCUT2D eigenvalue weighted by atomic mass is 10.0. The Morgan fingerprint density at radius 3 is 2.47 bits per heavy atom. The van der Waals surface area contributed by atoms with Crippen LogP contribution in [0.25, 0.3) is 0 Å². The van der Waals surface area contributed by atoms with Crippen molar-refractivity contribution in [3.05, 3.63) is 23.2 Å². The highest BCUT2D eigenvalue weighted by Gasteiger charge is 2.38. The van der Waals surface area contributed by atoms with Crippen LogP contribution in [0, 0.1) is 25.7 Å². The van der Waals surface area contributed by atoms with E-state index in [0.717, 1.165) is 23.4 Å². The monoisotopic (exact) mass is 234 g/mol. The summed E-state index contributed by atoms with van der Waals surface area (Å²) in [6, 6.07) is 2.70. The highest BCUT2D eigenvalue weighted by molar-refractivity contribution is 5.24. The Morgan fingerprint density at radius 2 is 1.94 bits per heavy atom. The lowest BCUT2D eigenvalue weighted by Crippen LogP contribution is -2.28. The van der Waals surface area contributed by atoms with Crippen molar-refractivity contribution in [1.82, 2.24) is 10.2 Å². The predicted octanol–water partition coefficient (Wildman–Crippen LogP) is 2.11. The first kappa shape index (κ1) is 11.3. The van der Waals surface area contributed by atoms with Gasteiger partial charge in [0.2, 0.25) is 0 Å². The van der Waals surface area contributed by atoms with E-state index in [2.05, 4.69) is 30.1 Å². The van der Waals surface area contributed by atoms with Gasteiger partial charge in [-0.1, -0.05) is 0 Å². The molecule has 0 aromatic carbocycles. The van der Waals surface area contributed by atoms with Gasteiger partial charge in [0.1, 0.15) is 11.5 Å². The number of nitrogens with zero attached hydrogens (tertiary/aromatic N) is 1. The third kappa shape index (κ3) is 1.91. The molecule has 94 valence electrons. The van der Waals surface area contributed by atoms with Crippen molar-refractivity contribution in [3.63, 3.8) is 0 Å². The minimum atomic E-state index is 0.498. The second kappa shape index (κ2) is 4.14. The summed E-state index contributed by atoms with van der Waals surface area (Å²) in [5.74, 6) is 3.85. The van der Waals surface area contributed by atoms with Crippen molar-refractivity contribution in [2.24, 2.45) is 11.8 Å². The highest BCUT2D eigenvalue weighted by atomic mass is 16.3. The van der Waals surface area contributed by atoms with Crippen LogP contribution >= 0.6 is 0 Å². The van der Waals surface area contributed by atoms with Gasteiger partial charge in [0.05, 0.1) is 0 Å². The van der Waals surface area contributed by atoms with Gasteiger partial charge in [0, 0.05) is 24.7 Å². The first-order valence-electron chi connectivity index (χ1n) is 6.67. The van der Waals surface area contributed by atoms with Crippen LogP contribution in [-0.4, -0.2) is 31.1 Å². The van der Waals surface area contributed by atoms with Crippen molar-refractivity contribution in [1.29, 1.82) is 0 Å². The molecule has 3 heteroatoms. The molecule has 1 aromatic heterocycles. The van der Waals surface area contributed by atoms with Gasteiger partial charge in [0.25, 0.3) is 0 Å². The lowest BCUT2D eigenvalue weighted by Gasteiger charge is -2.24. The Morgan fingerprint density at radius 1 is 1.29 bits per heavy atom. The minimum Gasteiger partial charge on any atom is -0.466 e. The Bertz CT molecular complexity index is 400. The fourth-order valence-electron chi connectivity index (χ4n) is 3.47. The maximum Gasteiger partial charge on any atom is 0.105 e. The average Bonchev–Trinajstić information content (AvgIpc) is 2.90. The van der Waals surface area contributed by atoms with Gasteiger partial charge in [0.15, 0.2) is 0 Å².